The summed E-state index contributed by atoms with van der Waals surface area (Å²) < 4.78 is 11.5. The molecular formula is C23H27N3O5. The second-order valence-electron chi connectivity index (χ2n) is 8.97. The summed E-state index contributed by atoms with van der Waals surface area (Å²) in [4.78, 5) is 30.0. The fourth-order valence-electron chi connectivity index (χ4n) is 5.59. The molecule has 164 valence electrons. The van der Waals surface area contributed by atoms with Crippen molar-refractivity contribution in [2.75, 3.05) is 45.2 Å². The number of likely N-dealkylation sites (N-methyl/N-ethyl adjacent to an activating group) is 1. The predicted molar refractivity (Wildman–Crippen MR) is 113 cm³/mol. The zero-order valence-electron chi connectivity index (χ0n) is 17.7. The Kier molecular flexibility index (Phi) is 4.88. The van der Waals surface area contributed by atoms with Crippen molar-refractivity contribution in [2.45, 2.75) is 18.6 Å². The van der Waals surface area contributed by atoms with Gasteiger partial charge in [-0.3, -0.25) is 9.59 Å². The Bertz CT molecular complexity index is 1010. The van der Waals surface area contributed by atoms with Gasteiger partial charge in [0.2, 0.25) is 0 Å². The molecule has 1 aromatic heterocycles. The molecular weight excluding hydrogens is 398 g/mol. The average Bonchev–Trinajstić information content (AvgIpc) is 3.42. The van der Waals surface area contributed by atoms with Crippen molar-refractivity contribution in [3.05, 3.63) is 53.5 Å². The third-order valence-electron chi connectivity index (χ3n) is 7.02. The highest BCUT2D eigenvalue weighted by Gasteiger charge is 2.62. The molecule has 2 aromatic rings. The third-order valence-corrected chi connectivity index (χ3v) is 7.02. The molecule has 1 aromatic carbocycles. The van der Waals surface area contributed by atoms with Crippen molar-refractivity contribution in [3.63, 3.8) is 0 Å². The van der Waals surface area contributed by atoms with Gasteiger partial charge in [0.25, 0.3) is 11.8 Å². The summed E-state index contributed by atoms with van der Waals surface area (Å²) in [6.45, 7) is 4.51. The van der Waals surface area contributed by atoms with Crippen LogP contribution < -0.4 is 5.32 Å². The fourth-order valence-corrected chi connectivity index (χ4v) is 5.59. The highest BCUT2D eigenvalue weighted by atomic mass is 16.5. The van der Waals surface area contributed by atoms with E-state index < -0.39 is 5.60 Å². The van der Waals surface area contributed by atoms with Crippen LogP contribution >= 0.6 is 0 Å². The van der Waals surface area contributed by atoms with Crippen molar-refractivity contribution in [1.29, 1.82) is 0 Å². The van der Waals surface area contributed by atoms with Gasteiger partial charge in [-0.1, -0.05) is 6.07 Å². The number of morpholine rings is 1. The van der Waals surface area contributed by atoms with Gasteiger partial charge in [0.1, 0.15) is 5.60 Å². The van der Waals surface area contributed by atoms with Crippen LogP contribution in [-0.4, -0.2) is 78.3 Å². The van der Waals surface area contributed by atoms with Crippen LogP contribution in [0.2, 0.25) is 0 Å². The molecule has 2 bridgehead atoms. The number of rotatable bonds is 4. The number of carbonyl (C=O) groups excluding carboxylic acids is 2. The number of aliphatic hydroxyl groups is 1. The van der Waals surface area contributed by atoms with E-state index in [9.17, 15) is 14.7 Å². The maximum atomic E-state index is 13.5. The normalized spacial score (nSPS) is 29.8. The van der Waals surface area contributed by atoms with Crippen molar-refractivity contribution < 1.29 is 23.8 Å². The Labute approximate surface area is 180 Å². The number of ether oxygens (including phenoxy) is 1. The molecule has 5 rings (SSSR count). The monoisotopic (exact) mass is 425 g/mol. The molecule has 0 aliphatic carbocycles. The first-order valence-electron chi connectivity index (χ1n) is 10.6. The first-order valence-corrected chi connectivity index (χ1v) is 10.6. The van der Waals surface area contributed by atoms with Crippen LogP contribution in [0.5, 0.6) is 0 Å². The molecule has 2 amide bonds. The number of nitrogens with one attached hydrogen (secondary N) is 1. The van der Waals surface area contributed by atoms with E-state index >= 15 is 0 Å². The molecule has 1 spiro atoms. The lowest BCUT2D eigenvalue weighted by molar-refractivity contribution is -0.107. The molecule has 3 saturated heterocycles. The maximum Gasteiger partial charge on any atom is 0.291 e. The van der Waals surface area contributed by atoms with E-state index in [-0.39, 0.29) is 42.1 Å². The molecule has 4 heterocycles. The Hall–Kier alpha value is -2.68. The van der Waals surface area contributed by atoms with Crippen LogP contribution in [0.15, 0.2) is 41.0 Å². The molecule has 3 aliphatic heterocycles. The van der Waals surface area contributed by atoms with Crippen molar-refractivity contribution >= 4 is 17.5 Å². The molecule has 3 fully saturated rings. The molecule has 8 heteroatoms. The summed E-state index contributed by atoms with van der Waals surface area (Å²) in [7, 11) is 2.05. The minimum absolute atomic E-state index is 0.0442. The highest BCUT2D eigenvalue weighted by Crippen LogP contribution is 2.48. The van der Waals surface area contributed by atoms with Gasteiger partial charge >= 0.3 is 0 Å². The van der Waals surface area contributed by atoms with Gasteiger partial charge in [0.15, 0.2) is 5.76 Å². The van der Waals surface area contributed by atoms with E-state index in [1.807, 2.05) is 11.8 Å². The number of furan rings is 1. The number of likely N-dealkylation sites (tertiary alicyclic amines) is 2. The number of nitrogens with zero attached hydrogens (tertiary/aromatic N) is 2. The van der Waals surface area contributed by atoms with E-state index in [0.717, 1.165) is 13.1 Å². The third kappa shape index (κ3) is 3.26. The number of amides is 2. The maximum absolute atomic E-state index is 13.5. The quantitative estimate of drug-likeness (QED) is 0.773. The first kappa shape index (κ1) is 20.2. The molecule has 0 saturated carbocycles. The number of fused-ring (bicyclic) bond motifs is 1. The minimum atomic E-state index is -0.417. The number of benzene rings is 1. The zero-order chi connectivity index (χ0) is 21.8. The van der Waals surface area contributed by atoms with Crippen LogP contribution in [0.3, 0.4) is 0 Å². The van der Waals surface area contributed by atoms with E-state index in [2.05, 4.69) is 17.3 Å². The number of hydrogen-bond donors (Lipinski definition) is 2. The molecule has 0 unspecified atom stereocenters. The lowest BCUT2D eigenvalue weighted by atomic mass is 9.83. The summed E-state index contributed by atoms with van der Waals surface area (Å²) in [5, 5.41) is 12.8. The Morgan fingerprint density at radius 2 is 2.06 bits per heavy atom. The second-order valence-corrected chi connectivity index (χ2v) is 8.97. The number of carbonyl (C=O) groups is 2. The molecule has 4 atom stereocenters. The summed E-state index contributed by atoms with van der Waals surface area (Å²) in [6, 6.07) is 8.58. The highest BCUT2D eigenvalue weighted by molar-refractivity contribution is 6.04. The van der Waals surface area contributed by atoms with Gasteiger partial charge in [-0.2, -0.15) is 0 Å². The summed E-state index contributed by atoms with van der Waals surface area (Å²) in [5.41, 5.74) is 1.43. The van der Waals surface area contributed by atoms with Gasteiger partial charge in [0.05, 0.1) is 18.9 Å². The molecule has 2 N–H and O–H groups in total. The SMILES string of the molecule is Cc1c(NC(=O)c2ccco2)cccc1C(=O)N1C[C@H]2O[C@@]3(CN(C)C[C@@H]3[C@@H]2CO)C1. The summed E-state index contributed by atoms with van der Waals surface area (Å²) >= 11 is 0. The van der Waals surface area contributed by atoms with Gasteiger partial charge in [-0.25, -0.2) is 0 Å². The van der Waals surface area contributed by atoms with Crippen molar-refractivity contribution in [3.8, 4) is 0 Å². The smallest absolute Gasteiger partial charge is 0.291 e. The van der Waals surface area contributed by atoms with Gasteiger partial charge < -0.3 is 29.4 Å². The Balaban J connectivity index is 1.39. The van der Waals surface area contributed by atoms with Crippen molar-refractivity contribution in [1.82, 2.24) is 9.80 Å². The minimum Gasteiger partial charge on any atom is -0.459 e. The topological polar surface area (TPSA) is 95.2 Å². The van der Waals surface area contributed by atoms with E-state index in [1.165, 1.54) is 6.26 Å². The summed E-state index contributed by atoms with van der Waals surface area (Å²) in [6.07, 6.45) is 1.30. The number of aliphatic hydroxyl groups excluding tert-OH is 1. The van der Waals surface area contributed by atoms with Crippen LogP contribution in [0.1, 0.15) is 26.5 Å². The van der Waals surface area contributed by atoms with Crippen LogP contribution in [0.25, 0.3) is 0 Å². The lowest BCUT2D eigenvalue weighted by Gasteiger charge is -2.40. The van der Waals surface area contributed by atoms with Crippen LogP contribution in [-0.2, 0) is 4.74 Å². The Morgan fingerprint density at radius 3 is 2.81 bits per heavy atom. The molecule has 0 radical (unpaired) electrons. The second kappa shape index (κ2) is 7.47. The van der Waals surface area contributed by atoms with Gasteiger partial charge in [-0.15, -0.1) is 0 Å². The Morgan fingerprint density at radius 1 is 1.23 bits per heavy atom. The standard InChI is InChI=1S/C23H27N3O5/c1-14-15(5-3-6-18(14)24-21(28)19-7-4-8-30-19)22(29)26-10-20-16(11-27)17-9-25(2)12-23(17,13-26)31-20/h3-8,16-17,20,27H,9-13H2,1-2H3,(H,24,28)/t16-,17+,20+,23-/m0/s1. The van der Waals surface area contributed by atoms with E-state index in [4.69, 9.17) is 9.15 Å². The lowest BCUT2D eigenvalue weighted by Crippen LogP contribution is -2.55. The zero-order valence-corrected chi connectivity index (χ0v) is 17.7. The predicted octanol–water partition coefficient (Wildman–Crippen LogP) is 1.60. The van der Waals surface area contributed by atoms with E-state index in [0.29, 0.717) is 29.9 Å². The number of anilines is 1. The molecule has 3 aliphatic rings. The summed E-state index contributed by atoms with van der Waals surface area (Å²) in [5.74, 6) is 0.0503. The van der Waals surface area contributed by atoms with E-state index in [1.54, 1.807) is 30.3 Å². The van der Waals surface area contributed by atoms with Crippen LogP contribution in [0.4, 0.5) is 5.69 Å². The van der Waals surface area contributed by atoms with Crippen molar-refractivity contribution in [2.24, 2.45) is 11.8 Å². The molecule has 8 nitrogen and oxygen atoms in total. The van der Waals surface area contributed by atoms with Gasteiger partial charge in [-0.05, 0) is 43.8 Å². The molecule has 31 heavy (non-hydrogen) atoms. The van der Waals surface area contributed by atoms with Gasteiger partial charge in [0, 0.05) is 49.3 Å². The number of hydrogen-bond acceptors (Lipinski definition) is 6. The first-order chi connectivity index (χ1) is 14.9. The van der Waals surface area contributed by atoms with Crippen LogP contribution in [0, 0.1) is 18.8 Å². The average molecular weight is 425 g/mol. The largest absolute Gasteiger partial charge is 0.459 e. The fraction of sp³-hybridized carbons (Fsp3) is 0.478.